The Bertz CT molecular complexity index is 920. The van der Waals surface area contributed by atoms with Crippen LogP contribution in [0.15, 0.2) is 42.5 Å². The van der Waals surface area contributed by atoms with Gasteiger partial charge in [-0.1, -0.05) is 36.4 Å². The molecule has 5 heteroatoms. The summed E-state index contributed by atoms with van der Waals surface area (Å²) in [7, 11) is 0. The number of nitrogens with one attached hydrogen (secondary N) is 1. The van der Waals surface area contributed by atoms with Crippen LogP contribution in [-0.4, -0.2) is 41.1 Å². The summed E-state index contributed by atoms with van der Waals surface area (Å²) in [5.74, 6) is 1.76. The predicted molar refractivity (Wildman–Crippen MR) is 128 cm³/mol. The lowest BCUT2D eigenvalue weighted by Crippen LogP contribution is -2.41. The molecule has 0 bridgehead atoms. The highest BCUT2D eigenvalue weighted by molar-refractivity contribution is 5.83. The second kappa shape index (κ2) is 10.9. The molecule has 2 aromatic rings. The number of aryl methyl sites for hydroxylation is 2. The Labute approximate surface area is 191 Å². The lowest BCUT2D eigenvalue weighted by molar-refractivity contribution is -0.126. The number of piperidine rings is 1. The zero-order chi connectivity index (χ0) is 22.3. The summed E-state index contributed by atoms with van der Waals surface area (Å²) in [6.45, 7) is 4.29. The Morgan fingerprint density at radius 1 is 1.09 bits per heavy atom. The summed E-state index contributed by atoms with van der Waals surface area (Å²) < 4.78 is 0. The smallest absolute Gasteiger partial charge is 0.151 e. The molecule has 1 saturated heterocycles. The van der Waals surface area contributed by atoms with Crippen LogP contribution < -0.4 is 5.32 Å². The average Bonchev–Trinajstić information content (AvgIpc) is 2.82. The number of pyridine rings is 1. The Kier molecular flexibility index (Phi) is 7.69. The first kappa shape index (κ1) is 22.7. The third-order valence-corrected chi connectivity index (χ3v) is 6.91. The van der Waals surface area contributed by atoms with E-state index in [1.54, 1.807) is 6.92 Å². The van der Waals surface area contributed by atoms with Gasteiger partial charge in [-0.25, -0.2) is 4.98 Å². The van der Waals surface area contributed by atoms with Crippen molar-refractivity contribution in [2.45, 2.75) is 64.3 Å². The normalized spacial score (nSPS) is 17.9. The summed E-state index contributed by atoms with van der Waals surface area (Å²) >= 11 is 0. The van der Waals surface area contributed by atoms with Gasteiger partial charge in [0.25, 0.3) is 0 Å². The molecule has 0 radical (unpaired) electrons. The van der Waals surface area contributed by atoms with Crippen molar-refractivity contribution >= 4 is 17.4 Å². The molecule has 170 valence electrons. The molecule has 3 heterocycles. The Morgan fingerprint density at radius 2 is 1.88 bits per heavy atom. The van der Waals surface area contributed by atoms with Gasteiger partial charge >= 0.3 is 0 Å². The minimum absolute atomic E-state index is 0.140. The molecule has 0 unspecified atom stereocenters. The highest BCUT2D eigenvalue weighted by atomic mass is 16.1. The lowest BCUT2D eigenvalue weighted by Gasteiger charge is -2.36. The van der Waals surface area contributed by atoms with E-state index in [0.29, 0.717) is 12.2 Å². The molecule has 1 atom stereocenters. The van der Waals surface area contributed by atoms with Gasteiger partial charge in [0.1, 0.15) is 11.6 Å². The molecule has 0 spiro atoms. The largest absolute Gasteiger partial charge is 0.370 e. The average molecular weight is 434 g/mol. The number of ketones is 2. The number of Topliss-reactive ketones (excluding diaryl/α,β-unsaturated/α-hetero) is 2. The molecule has 1 aromatic carbocycles. The highest BCUT2D eigenvalue weighted by Crippen LogP contribution is 2.29. The van der Waals surface area contributed by atoms with E-state index in [4.69, 9.17) is 4.98 Å². The van der Waals surface area contributed by atoms with Gasteiger partial charge in [0.15, 0.2) is 5.78 Å². The van der Waals surface area contributed by atoms with E-state index in [9.17, 15) is 9.59 Å². The van der Waals surface area contributed by atoms with Crippen molar-refractivity contribution in [3.8, 4) is 0 Å². The van der Waals surface area contributed by atoms with E-state index >= 15 is 0 Å². The maximum Gasteiger partial charge on any atom is 0.151 e. The first-order valence-corrected chi connectivity index (χ1v) is 12.2. The molecular formula is C27H35N3O2. The molecule has 2 aliphatic rings. The molecule has 1 fully saturated rings. The second-order valence-corrected chi connectivity index (χ2v) is 9.25. The number of nitrogens with zero attached hydrogens (tertiary/aromatic N) is 2. The van der Waals surface area contributed by atoms with Gasteiger partial charge in [-0.15, -0.1) is 0 Å². The van der Waals surface area contributed by atoms with Crippen LogP contribution in [0.2, 0.25) is 0 Å². The zero-order valence-electron chi connectivity index (χ0n) is 19.2. The molecule has 32 heavy (non-hydrogen) atoms. The van der Waals surface area contributed by atoms with Crippen molar-refractivity contribution in [3.63, 3.8) is 0 Å². The van der Waals surface area contributed by atoms with Gasteiger partial charge < -0.3 is 5.32 Å². The summed E-state index contributed by atoms with van der Waals surface area (Å²) in [6, 6.07) is 14.1. The number of hydrogen-bond donors (Lipinski definition) is 1. The van der Waals surface area contributed by atoms with Crippen LogP contribution in [0.3, 0.4) is 0 Å². The van der Waals surface area contributed by atoms with Crippen LogP contribution in [0.4, 0.5) is 5.82 Å². The maximum atomic E-state index is 12.8. The quantitative estimate of drug-likeness (QED) is 0.578. The number of aromatic nitrogens is 1. The number of likely N-dealkylation sites (tertiary alicyclic amines) is 1. The molecule has 1 N–H and O–H groups in total. The SMILES string of the molecule is CC(=O)[C@@H](c1ccccc1)N1CCC(C(=O)CCCCc2ccc3c(n2)NCCC3)CC1. The minimum Gasteiger partial charge on any atom is -0.370 e. The monoisotopic (exact) mass is 433 g/mol. The van der Waals surface area contributed by atoms with Crippen molar-refractivity contribution in [3.05, 3.63) is 59.3 Å². The number of unbranched alkanes of at least 4 members (excludes halogenated alkanes) is 1. The molecule has 0 aliphatic carbocycles. The molecule has 4 rings (SSSR count). The van der Waals surface area contributed by atoms with Crippen LogP contribution in [-0.2, 0) is 22.4 Å². The van der Waals surface area contributed by atoms with Gasteiger partial charge in [-0.2, -0.15) is 0 Å². The van der Waals surface area contributed by atoms with Crippen molar-refractivity contribution in [1.82, 2.24) is 9.88 Å². The van der Waals surface area contributed by atoms with Gasteiger partial charge in [-0.3, -0.25) is 14.5 Å². The van der Waals surface area contributed by atoms with Crippen molar-refractivity contribution in [2.24, 2.45) is 5.92 Å². The fraction of sp³-hybridized carbons (Fsp3) is 0.519. The van der Waals surface area contributed by atoms with E-state index in [-0.39, 0.29) is 17.7 Å². The summed E-state index contributed by atoms with van der Waals surface area (Å²) in [6.07, 6.45) is 7.50. The first-order chi connectivity index (χ1) is 15.6. The van der Waals surface area contributed by atoms with Crippen LogP contribution in [0.1, 0.15) is 68.3 Å². The minimum atomic E-state index is -0.189. The Morgan fingerprint density at radius 3 is 2.62 bits per heavy atom. The zero-order valence-corrected chi connectivity index (χ0v) is 19.2. The van der Waals surface area contributed by atoms with E-state index in [2.05, 4.69) is 22.3 Å². The standard InChI is InChI=1S/C27H35N3O2/c1-20(31)26(22-8-3-2-4-9-22)30-18-15-21(16-19-30)25(32)12-6-5-11-24-14-13-23-10-7-17-28-27(23)29-24/h2-4,8-9,13-14,21,26H,5-7,10-12,15-19H2,1H3,(H,28,29)/t26-/m0/s1. The number of anilines is 1. The molecular weight excluding hydrogens is 398 g/mol. The van der Waals surface area contributed by atoms with E-state index in [0.717, 1.165) is 75.2 Å². The van der Waals surface area contributed by atoms with Crippen molar-refractivity contribution < 1.29 is 9.59 Å². The van der Waals surface area contributed by atoms with E-state index in [1.807, 2.05) is 30.3 Å². The van der Waals surface area contributed by atoms with Crippen LogP contribution in [0.5, 0.6) is 0 Å². The number of benzene rings is 1. The fourth-order valence-corrected chi connectivity index (χ4v) is 5.14. The number of rotatable bonds is 9. The number of carbonyl (C=O) groups is 2. The maximum absolute atomic E-state index is 12.8. The predicted octanol–water partition coefficient (Wildman–Crippen LogP) is 4.76. The Balaban J connectivity index is 1.20. The summed E-state index contributed by atoms with van der Waals surface area (Å²) in [5, 5.41) is 3.39. The third kappa shape index (κ3) is 5.63. The number of fused-ring (bicyclic) bond motifs is 1. The van der Waals surface area contributed by atoms with Gasteiger partial charge in [0.2, 0.25) is 0 Å². The second-order valence-electron chi connectivity index (χ2n) is 9.25. The highest BCUT2D eigenvalue weighted by Gasteiger charge is 2.31. The first-order valence-electron chi connectivity index (χ1n) is 12.2. The van der Waals surface area contributed by atoms with Crippen LogP contribution in [0, 0.1) is 5.92 Å². The van der Waals surface area contributed by atoms with Gasteiger partial charge in [0.05, 0.1) is 6.04 Å². The van der Waals surface area contributed by atoms with Gasteiger partial charge in [0, 0.05) is 24.6 Å². The third-order valence-electron chi connectivity index (χ3n) is 6.91. The number of hydrogen-bond acceptors (Lipinski definition) is 5. The van der Waals surface area contributed by atoms with Crippen molar-refractivity contribution in [1.29, 1.82) is 0 Å². The fourth-order valence-electron chi connectivity index (χ4n) is 5.14. The summed E-state index contributed by atoms with van der Waals surface area (Å²) in [4.78, 5) is 32.1. The lowest BCUT2D eigenvalue weighted by atomic mass is 9.88. The van der Waals surface area contributed by atoms with Gasteiger partial charge in [-0.05, 0) is 82.2 Å². The number of carbonyl (C=O) groups excluding carboxylic acids is 2. The molecule has 5 nitrogen and oxygen atoms in total. The van der Waals surface area contributed by atoms with Crippen LogP contribution >= 0.6 is 0 Å². The molecule has 2 aliphatic heterocycles. The van der Waals surface area contributed by atoms with Crippen molar-refractivity contribution in [2.75, 3.05) is 25.0 Å². The van der Waals surface area contributed by atoms with E-state index < -0.39 is 0 Å². The van der Waals surface area contributed by atoms with Crippen LogP contribution in [0.25, 0.3) is 0 Å². The molecule has 1 aromatic heterocycles. The summed E-state index contributed by atoms with van der Waals surface area (Å²) in [5.41, 5.74) is 3.49. The van der Waals surface area contributed by atoms with E-state index in [1.165, 1.54) is 12.0 Å². The molecule has 0 amide bonds. The Hall–Kier alpha value is -2.53. The topological polar surface area (TPSA) is 62.3 Å². The molecule has 0 saturated carbocycles.